The Morgan fingerprint density at radius 1 is 0.661 bits per heavy atom. The number of aromatic nitrogens is 6. The van der Waals surface area contributed by atoms with Gasteiger partial charge in [-0.15, -0.1) is 0 Å². The lowest BCUT2D eigenvalue weighted by atomic mass is 9.90. The quantitative estimate of drug-likeness (QED) is 0.145. The maximum Gasteiger partial charge on any atom is 0.225 e. The SMILES string of the molecule is CS(=O)(=O)c1ccc(Br)nc1.CS(=O)(=O)c1ccc(OCC[C@@H]2CC2C2CCN(c3ncc(Cl)cn3)CC2)nc1.OCC[C@@H]1CC1C1CCN(c2ncc(Cl)cn2)CC1. The fourth-order valence-corrected chi connectivity index (χ4v) is 9.64. The van der Waals surface area contributed by atoms with Crippen LogP contribution in [0.15, 0.2) is 75.8 Å². The molecule has 2 saturated carbocycles. The smallest absolute Gasteiger partial charge is 0.225 e. The van der Waals surface area contributed by atoms with Gasteiger partial charge in [-0.05, 0) is 121 Å². The van der Waals surface area contributed by atoms with Crippen LogP contribution < -0.4 is 14.5 Å². The fourth-order valence-electron chi connectivity index (χ4n) is 8.09. The van der Waals surface area contributed by atoms with Gasteiger partial charge in [0.2, 0.25) is 17.8 Å². The molecular weight excluding hydrogens is 903 g/mol. The first-order valence-corrected chi connectivity index (χ1v) is 25.2. The lowest BCUT2D eigenvalue weighted by Gasteiger charge is -2.32. The van der Waals surface area contributed by atoms with Crippen LogP contribution in [0.1, 0.15) is 51.4 Å². The van der Waals surface area contributed by atoms with Gasteiger partial charge in [0.15, 0.2) is 19.7 Å². The number of rotatable bonds is 12. The van der Waals surface area contributed by atoms with Crippen molar-refractivity contribution < 1.29 is 26.7 Å². The monoisotopic (exact) mass is 952 g/mol. The minimum absolute atomic E-state index is 0.211. The Kier molecular flexibility index (Phi) is 15.8. The summed E-state index contributed by atoms with van der Waals surface area (Å²) in [5, 5.41) is 10.1. The van der Waals surface area contributed by atoms with Gasteiger partial charge in [-0.25, -0.2) is 46.7 Å². The van der Waals surface area contributed by atoms with Gasteiger partial charge < -0.3 is 19.6 Å². The molecule has 0 bridgehead atoms. The molecule has 4 fully saturated rings. The second-order valence-electron chi connectivity index (χ2n) is 15.7. The molecule has 2 aliphatic carbocycles. The number of nitrogens with zero attached hydrogens (tertiary/aromatic N) is 8. The third kappa shape index (κ3) is 13.6. The maximum atomic E-state index is 11.5. The molecule has 0 spiro atoms. The molecule has 6 heterocycles. The number of sulfone groups is 2. The lowest BCUT2D eigenvalue weighted by Crippen LogP contribution is -2.35. The van der Waals surface area contributed by atoms with E-state index in [4.69, 9.17) is 33.0 Å². The summed E-state index contributed by atoms with van der Waals surface area (Å²) in [4.78, 5) is 30.0. The predicted molar refractivity (Wildman–Crippen MR) is 231 cm³/mol. The van der Waals surface area contributed by atoms with Gasteiger partial charge in [-0.3, -0.25) is 0 Å². The zero-order chi connectivity index (χ0) is 42.2. The van der Waals surface area contributed by atoms with E-state index in [1.165, 1.54) is 69.3 Å². The van der Waals surface area contributed by atoms with E-state index in [9.17, 15) is 16.8 Å². The Hall–Kier alpha value is -3.22. The van der Waals surface area contributed by atoms with E-state index in [-0.39, 0.29) is 9.79 Å². The largest absolute Gasteiger partial charge is 0.478 e. The topological polar surface area (TPSA) is 182 Å². The molecule has 320 valence electrons. The standard InChI is InChI=1S/C20H25ClN4O3S.C14H20ClN3O.C6H6BrNO2S/c1-29(26,27)17-2-3-19(22-13-17)28-9-6-15-10-18(15)14-4-7-25(8-5-14)20-23-11-16(21)12-24-20;15-12-8-16-14(17-9-12)18-4-1-10(2-5-18)13-7-11(13)3-6-19;1-11(9,10)5-2-3-6(7)8-4-5/h2-3,11-15,18H,4-10H2,1H3;8-11,13,19H,1-7H2;2-4H,1H3/t15-,18?;11-,13?;/m11./s1. The molecule has 59 heavy (non-hydrogen) atoms. The molecule has 2 unspecified atom stereocenters. The van der Waals surface area contributed by atoms with Gasteiger partial charge in [0.05, 0.1) is 51.2 Å². The number of halogens is 3. The minimum atomic E-state index is -3.22. The summed E-state index contributed by atoms with van der Waals surface area (Å²) in [7, 11) is -6.33. The number of aliphatic hydroxyl groups is 1. The summed E-state index contributed by atoms with van der Waals surface area (Å²) in [5.74, 6) is 6.78. The normalized spacial score (nSPS) is 22.1. The molecule has 1 N–H and O–H groups in total. The highest BCUT2D eigenvalue weighted by Crippen LogP contribution is 2.50. The van der Waals surface area contributed by atoms with Crippen molar-refractivity contribution in [3.8, 4) is 5.88 Å². The summed E-state index contributed by atoms with van der Waals surface area (Å²) in [5.41, 5.74) is 0. The second-order valence-corrected chi connectivity index (χ2v) is 21.4. The Bertz CT molecular complexity index is 2160. The van der Waals surface area contributed by atoms with Crippen LogP contribution >= 0.6 is 39.1 Å². The molecule has 4 aliphatic rings. The van der Waals surface area contributed by atoms with Crippen LogP contribution in [-0.4, -0.2) is 104 Å². The van der Waals surface area contributed by atoms with Crippen LogP contribution in [0.2, 0.25) is 10.0 Å². The number of aliphatic hydroxyl groups excluding tert-OH is 1. The molecule has 2 aliphatic heterocycles. The highest BCUT2D eigenvalue weighted by molar-refractivity contribution is 9.10. The zero-order valence-corrected chi connectivity index (χ0v) is 37.9. The van der Waals surface area contributed by atoms with Crippen molar-refractivity contribution in [2.45, 2.75) is 61.2 Å². The Morgan fingerprint density at radius 2 is 1.10 bits per heavy atom. The number of anilines is 2. The molecule has 4 aromatic heterocycles. The molecule has 2 saturated heterocycles. The van der Waals surface area contributed by atoms with E-state index in [1.807, 2.05) is 0 Å². The fraction of sp³-hybridized carbons (Fsp3) is 0.550. The van der Waals surface area contributed by atoms with Crippen LogP contribution in [0.3, 0.4) is 0 Å². The molecule has 8 rings (SSSR count). The van der Waals surface area contributed by atoms with Crippen molar-refractivity contribution in [3.63, 3.8) is 0 Å². The number of ether oxygens (including phenoxy) is 1. The number of hydrogen-bond donors (Lipinski definition) is 1. The highest BCUT2D eigenvalue weighted by atomic mass is 79.9. The van der Waals surface area contributed by atoms with Crippen molar-refractivity contribution in [1.29, 1.82) is 0 Å². The van der Waals surface area contributed by atoms with Crippen LogP contribution in [0.4, 0.5) is 11.9 Å². The van der Waals surface area contributed by atoms with Crippen LogP contribution in [0.25, 0.3) is 0 Å². The summed E-state index contributed by atoms with van der Waals surface area (Å²) in [6.07, 6.45) is 21.0. The van der Waals surface area contributed by atoms with Crippen LogP contribution in [0, 0.1) is 35.5 Å². The van der Waals surface area contributed by atoms with Crippen molar-refractivity contribution in [2.75, 3.05) is 61.7 Å². The Morgan fingerprint density at radius 3 is 1.49 bits per heavy atom. The molecule has 14 nitrogen and oxygen atoms in total. The summed E-state index contributed by atoms with van der Waals surface area (Å²) >= 11 is 14.8. The highest BCUT2D eigenvalue weighted by Gasteiger charge is 2.44. The minimum Gasteiger partial charge on any atom is -0.478 e. The first kappa shape index (κ1) is 45.3. The first-order valence-electron chi connectivity index (χ1n) is 19.8. The van der Waals surface area contributed by atoms with Gasteiger partial charge in [-0.2, -0.15) is 0 Å². The van der Waals surface area contributed by atoms with Crippen molar-refractivity contribution in [2.24, 2.45) is 35.5 Å². The van der Waals surface area contributed by atoms with E-state index in [0.717, 1.165) is 86.8 Å². The first-order chi connectivity index (χ1) is 28.2. The maximum absolute atomic E-state index is 11.5. The second kappa shape index (κ2) is 20.6. The van der Waals surface area contributed by atoms with E-state index in [2.05, 4.69) is 55.6 Å². The summed E-state index contributed by atoms with van der Waals surface area (Å²) < 4.78 is 51.0. The Balaban J connectivity index is 0.000000166. The predicted octanol–water partition coefficient (Wildman–Crippen LogP) is 6.86. The number of pyridine rings is 2. The summed E-state index contributed by atoms with van der Waals surface area (Å²) in [6, 6.07) is 6.26. The van der Waals surface area contributed by atoms with Crippen molar-refractivity contribution in [1.82, 2.24) is 29.9 Å². The van der Waals surface area contributed by atoms with E-state index in [0.29, 0.717) is 39.7 Å². The van der Waals surface area contributed by atoms with Crippen LogP contribution in [0.5, 0.6) is 5.88 Å². The average molecular weight is 955 g/mol. The molecular formula is C40H51BrCl2N8O6S2. The molecule has 4 aromatic rings. The Labute approximate surface area is 365 Å². The van der Waals surface area contributed by atoms with Gasteiger partial charge in [0.1, 0.15) is 4.60 Å². The van der Waals surface area contributed by atoms with Gasteiger partial charge in [-0.1, -0.05) is 23.2 Å². The van der Waals surface area contributed by atoms with E-state index < -0.39 is 19.7 Å². The van der Waals surface area contributed by atoms with Gasteiger partial charge >= 0.3 is 0 Å². The van der Waals surface area contributed by atoms with E-state index in [1.54, 1.807) is 36.9 Å². The molecule has 19 heteroatoms. The van der Waals surface area contributed by atoms with Gasteiger partial charge in [0.25, 0.3) is 0 Å². The number of hydrogen-bond acceptors (Lipinski definition) is 14. The van der Waals surface area contributed by atoms with Crippen LogP contribution in [-0.2, 0) is 19.7 Å². The molecule has 4 atom stereocenters. The molecule has 0 radical (unpaired) electrons. The third-order valence-corrected chi connectivity index (χ3v) is 14.6. The number of piperidine rings is 2. The van der Waals surface area contributed by atoms with Crippen molar-refractivity contribution in [3.05, 3.63) is 76.1 Å². The molecule has 0 amide bonds. The van der Waals surface area contributed by atoms with Crippen molar-refractivity contribution >= 4 is 70.7 Å². The third-order valence-electron chi connectivity index (χ3n) is 11.5. The van der Waals surface area contributed by atoms with E-state index >= 15 is 0 Å². The molecule has 0 aromatic carbocycles. The zero-order valence-electron chi connectivity index (χ0n) is 33.2. The lowest BCUT2D eigenvalue weighted by molar-refractivity contribution is 0.266. The van der Waals surface area contributed by atoms with Gasteiger partial charge in [0, 0.05) is 63.8 Å². The summed E-state index contributed by atoms with van der Waals surface area (Å²) in [6.45, 7) is 5.01. The average Bonchev–Trinajstić information content (AvgIpc) is 4.16.